The zero-order valence-corrected chi connectivity index (χ0v) is 8.60. The molecule has 1 aromatic heterocycles. The molecule has 0 aromatic carbocycles. The summed E-state index contributed by atoms with van der Waals surface area (Å²) in [6, 6.07) is 1.22. The molecular weight excluding hydrogens is 215 g/mol. The average Bonchev–Trinajstić information content (AvgIpc) is 2.07. The number of hydrogen-bond donors (Lipinski definition) is 1. The first-order valence-corrected chi connectivity index (χ1v) is 4.29. The zero-order valence-electron chi connectivity index (χ0n) is 7.08. The number of carboxylic acid groups (broad SMARTS) is 1. The Bertz CT molecular complexity index is 305. The molecule has 0 amide bonds. The Hall–Kier alpha value is -0.870. The van der Waals surface area contributed by atoms with Crippen LogP contribution >= 0.6 is 23.2 Å². The van der Waals surface area contributed by atoms with Crippen LogP contribution in [0.1, 0.15) is 24.3 Å². The van der Waals surface area contributed by atoms with Crippen molar-refractivity contribution in [2.75, 3.05) is 0 Å². The summed E-state index contributed by atoms with van der Waals surface area (Å²) in [5.41, 5.74) is -0.295. The van der Waals surface area contributed by atoms with E-state index in [2.05, 4.69) is 10.2 Å². The van der Waals surface area contributed by atoms with Gasteiger partial charge in [0.2, 0.25) is 0 Å². The minimum absolute atomic E-state index is 0.0162. The number of aromatic nitrogens is 2. The Labute approximate surface area is 85.5 Å². The van der Waals surface area contributed by atoms with E-state index in [1.165, 1.54) is 6.07 Å². The van der Waals surface area contributed by atoms with E-state index in [1.807, 2.05) is 13.8 Å². The van der Waals surface area contributed by atoms with E-state index in [4.69, 9.17) is 28.3 Å². The third-order valence-corrected chi connectivity index (χ3v) is 1.39. The number of carbonyl (C=O) groups is 1. The van der Waals surface area contributed by atoms with Crippen LogP contribution in [0.4, 0.5) is 0 Å². The highest BCUT2D eigenvalue weighted by Crippen LogP contribution is 2.15. The molecule has 0 aliphatic heterocycles. The van der Waals surface area contributed by atoms with Gasteiger partial charge in [0.15, 0.2) is 10.8 Å². The van der Waals surface area contributed by atoms with Crippen molar-refractivity contribution in [3.63, 3.8) is 0 Å². The molecule has 0 saturated heterocycles. The molecule has 0 bridgehead atoms. The summed E-state index contributed by atoms with van der Waals surface area (Å²) in [5, 5.41) is 15.1. The minimum Gasteiger partial charge on any atom is -0.476 e. The topological polar surface area (TPSA) is 63.1 Å². The van der Waals surface area contributed by atoms with Crippen LogP contribution in [0.15, 0.2) is 6.07 Å². The average molecular weight is 223 g/mol. The summed E-state index contributed by atoms with van der Waals surface area (Å²) in [6.07, 6.45) is 0. The quantitative estimate of drug-likeness (QED) is 0.794. The minimum atomic E-state index is -1.22. The Balaban J connectivity index is 0.000000671. The van der Waals surface area contributed by atoms with E-state index >= 15 is 0 Å². The lowest BCUT2D eigenvalue weighted by Gasteiger charge is -1.94. The Morgan fingerprint density at radius 3 is 2.31 bits per heavy atom. The largest absolute Gasteiger partial charge is 0.476 e. The van der Waals surface area contributed by atoms with Gasteiger partial charge in [-0.05, 0) is 6.07 Å². The first-order chi connectivity index (χ1) is 6.11. The molecule has 0 radical (unpaired) electrons. The van der Waals surface area contributed by atoms with E-state index < -0.39 is 5.97 Å². The standard InChI is InChI=1S/C5H2Cl2N2O2.C2H6/c6-2-1-3(7)8-9-4(2)5(10)11;1-2/h1H,(H,10,11);1-2H3. The van der Waals surface area contributed by atoms with Crippen LogP contribution in [-0.2, 0) is 0 Å². The van der Waals surface area contributed by atoms with Crippen molar-refractivity contribution < 1.29 is 9.90 Å². The Morgan fingerprint density at radius 1 is 1.38 bits per heavy atom. The lowest BCUT2D eigenvalue weighted by Crippen LogP contribution is -2.02. The Morgan fingerprint density at radius 2 is 1.92 bits per heavy atom. The molecule has 1 aromatic rings. The number of aromatic carboxylic acids is 1. The summed E-state index contributed by atoms with van der Waals surface area (Å²) in [6.45, 7) is 4.00. The summed E-state index contributed by atoms with van der Waals surface area (Å²) in [5.74, 6) is -1.22. The lowest BCUT2D eigenvalue weighted by atomic mass is 10.4. The lowest BCUT2D eigenvalue weighted by molar-refractivity contribution is 0.0689. The number of nitrogens with zero attached hydrogens (tertiary/aromatic N) is 2. The molecule has 0 aliphatic rings. The second-order valence-electron chi connectivity index (χ2n) is 1.67. The van der Waals surface area contributed by atoms with Crippen LogP contribution in [-0.4, -0.2) is 21.3 Å². The highest BCUT2D eigenvalue weighted by atomic mass is 35.5. The van der Waals surface area contributed by atoms with Crippen LogP contribution in [0, 0.1) is 0 Å². The smallest absolute Gasteiger partial charge is 0.357 e. The van der Waals surface area contributed by atoms with Gasteiger partial charge >= 0.3 is 5.97 Å². The predicted molar refractivity (Wildman–Crippen MR) is 50.4 cm³/mol. The van der Waals surface area contributed by atoms with Crippen molar-refractivity contribution in [2.24, 2.45) is 0 Å². The maximum absolute atomic E-state index is 10.3. The maximum Gasteiger partial charge on any atom is 0.357 e. The number of rotatable bonds is 1. The van der Waals surface area contributed by atoms with Crippen LogP contribution < -0.4 is 0 Å². The molecule has 0 unspecified atom stereocenters. The third-order valence-electron chi connectivity index (χ3n) is 0.920. The van der Waals surface area contributed by atoms with Gasteiger partial charge in [0.25, 0.3) is 0 Å². The number of carboxylic acids is 1. The fourth-order valence-electron chi connectivity index (χ4n) is 0.492. The SMILES string of the molecule is CC.O=C(O)c1nnc(Cl)cc1Cl. The molecule has 1 N–H and O–H groups in total. The second kappa shape index (κ2) is 5.72. The molecule has 4 nitrogen and oxygen atoms in total. The summed E-state index contributed by atoms with van der Waals surface area (Å²) in [4.78, 5) is 10.3. The van der Waals surface area contributed by atoms with Crippen molar-refractivity contribution in [2.45, 2.75) is 13.8 Å². The van der Waals surface area contributed by atoms with E-state index in [-0.39, 0.29) is 15.9 Å². The van der Waals surface area contributed by atoms with Gasteiger partial charge in [0.1, 0.15) is 0 Å². The van der Waals surface area contributed by atoms with Crippen LogP contribution in [0.25, 0.3) is 0 Å². The van der Waals surface area contributed by atoms with Crippen molar-refractivity contribution in [3.05, 3.63) is 21.9 Å². The second-order valence-corrected chi connectivity index (χ2v) is 2.46. The van der Waals surface area contributed by atoms with Gasteiger partial charge in [-0.15, -0.1) is 10.2 Å². The molecule has 0 spiro atoms. The van der Waals surface area contributed by atoms with Crippen molar-refractivity contribution >= 4 is 29.2 Å². The van der Waals surface area contributed by atoms with Crippen LogP contribution in [0.5, 0.6) is 0 Å². The summed E-state index contributed by atoms with van der Waals surface area (Å²) in [7, 11) is 0. The molecule has 1 rings (SSSR count). The van der Waals surface area contributed by atoms with E-state index in [0.717, 1.165) is 0 Å². The Kier molecular flexibility index (Phi) is 5.34. The van der Waals surface area contributed by atoms with Gasteiger partial charge in [0, 0.05) is 0 Å². The number of halogens is 2. The highest BCUT2D eigenvalue weighted by molar-refractivity contribution is 6.35. The van der Waals surface area contributed by atoms with E-state index in [0.29, 0.717) is 0 Å². The highest BCUT2D eigenvalue weighted by Gasteiger charge is 2.10. The van der Waals surface area contributed by atoms with Gasteiger partial charge in [-0.25, -0.2) is 4.79 Å². The van der Waals surface area contributed by atoms with Gasteiger partial charge in [-0.1, -0.05) is 37.0 Å². The molecule has 0 saturated carbocycles. The summed E-state index contributed by atoms with van der Waals surface area (Å²) >= 11 is 10.8. The number of hydrogen-bond acceptors (Lipinski definition) is 3. The third kappa shape index (κ3) is 3.57. The van der Waals surface area contributed by atoms with Crippen molar-refractivity contribution in [1.82, 2.24) is 10.2 Å². The predicted octanol–water partition coefficient (Wildman–Crippen LogP) is 2.51. The van der Waals surface area contributed by atoms with Gasteiger partial charge in [-0.2, -0.15) is 0 Å². The molecule has 0 fully saturated rings. The zero-order chi connectivity index (χ0) is 10.4. The first kappa shape index (κ1) is 12.1. The molecule has 72 valence electrons. The molecule has 6 heteroatoms. The monoisotopic (exact) mass is 222 g/mol. The van der Waals surface area contributed by atoms with Gasteiger partial charge in [-0.3, -0.25) is 0 Å². The molecular formula is C7H8Cl2N2O2. The maximum atomic E-state index is 10.3. The van der Waals surface area contributed by atoms with Crippen LogP contribution in [0.3, 0.4) is 0 Å². The molecule has 13 heavy (non-hydrogen) atoms. The first-order valence-electron chi connectivity index (χ1n) is 3.53. The van der Waals surface area contributed by atoms with Crippen molar-refractivity contribution in [3.8, 4) is 0 Å². The summed E-state index contributed by atoms with van der Waals surface area (Å²) < 4.78 is 0. The normalized spacial score (nSPS) is 8.62. The van der Waals surface area contributed by atoms with Gasteiger partial charge < -0.3 is 5.11 Å². The molecule has 0 aliphatic carbocycles. The molecule has 1 heterocycles. The van der Waals surface area contributed by atoms with E-state index in [1.54, 1.807) is 0 Å². The van der Waals surface area contributed by atoms with Crippen molar-refractivity contribution in [1.29, 1.82) is 0 Å². The molecule has 0 atom stereocenters. The fourth-order valence-corrected chi connectivity index (χ4v) is 0.917. The van der Waals surface area contributed by atoms with Gasteiger partial charge in [0.05, 0.1) is 5.02 Å². The van der Waals surface area contributed by atoms with Crippen LogP contribution in [0.2, 0.25) is 10.2 Å². The fraction of sp³-hybridized carbons (Fsp3) is 0.286. The van der Waals surface area contributed by atoms with E-state index in [9.17, 15) is 4.79 Å².